The van der Waals surface area contributed by atoms with Crippen molar-refractivity contribution in [3.05, 3.63) is 12.2 Å². The predicted octanol–water partition coefficient (Wildman–Crippen LogP) is 1.59. The van der Waals surface area contributed by atoms with Gasteiger partial charge in [0.1, 0.15) is 12.2 Å². The van der Waals surface area contributed by atoms with E-state index in [2.05, 4.69) is 43.2 Å². The SMILES string of the molecule is CCn1cnnc1CNC(C)CC(C)(C)OC. The second-order valence-corrected chi connectivity index (χ2v) is 4.98. The summed E-state index contributed by atoms with van der Waals surface area (Å²) < 4.78 is 7.46. The van der Waals surface area contributed by atoms with Crippen LogP contribution in [0.2, 0.25) is 0 Å². The molecule has 0 amide bonds. The molecule has 0 radical (unpaired) electrons. The van der Waals surface area contributed by atoms with Crippen molar-refractivity contribution in [3.8, 4) is 0 Å². The molecule has 17 heavy (non-hydrogen) atoms. The summed E-state index contributed by atoms with van der Waals surface area (Å²) in [6, 6.07) is 0.381. The van der Waals surface area contributed by atoms with Crippen molar-refractivity contribution in [2.45, 2.75) is 58.8 Å². The van der Waals surface area contributed by atoms with Crippen molar-refractivity contribution in [1.29, 1.82) is 0 Å². The van der Waals surface area contributed by atoms with Crippen LogP contribution in [0.25, 0.3) is 0 Å². The van der Waals surface area contributed by atoms with Gasteiger partial charge in [0.15, 0.2) is 0 Å². The van der Waals surface area contributed by atoms with E-state index in [9.17, 15) is 0 Å². The lowest BCUT2D eigenvalue weighted by Gasteiger charge is -2.27. The number of nitrogens with zero attached hydrogens (tertiary/aromatic N) is 3. The highest BCUT2D eigenvalue weighted by atomic mass is 16.5. The monoisotopic (exact) mass is 240 g/mol. The molecule has 1 N–H and O–H groups in total. The first-order chi connectivity index (χ1) is 7.98. The summed E-state index contributed by atoms with van der Waals surface area (Å²) in [5.41, 5.74) is -0.0924. The first-order valence-corrected chi connectivity index (χ1v) is 6.13. The van der Waals surface area contributed by atoms with Crippen LogP contribution in [0.1, 0.15) is 39.9 Å². The molecule has 1 aromatic heterocycles. The van der Waals surface area contributed by atoms with Crippen molar-refractivity contribution in [1.82, 2.24) is 20.1 Å². The highest BCUT2D eigenvalue weighted by Crippen LogP contribution is 2.15. The summed E-state index contributed by atoms with van der Waals surface area (Å²) in [5, 5.41) is 11.5. The van der Waals surface area contributed by atoms with Gasteiger partial charge in [0.05, 0.1) is 12.1 Å². The Balaban J connectivity index is 2.40. The lowest BCUT2D eigenvalue weighted by atomic mass is 10.00. The summed E-state index contributed by atoms with van der Waals surface area (Å²) in [6.07, 6.45) is 2.73. The maximum atomic E-state index is 5.42. The van der Waals surface area contributed by atoms with E-state index in [-0.39, 0.29) is 5.60 Å². The highest BCUT2D eigenvalue weighted by molar-refractivity contribution is 4.86. The van der Waals surface area contributed by atoms with Crippen molar-refractivity contribution in [3.63, 3.8) is 0 Å². The minimum Gasteiger partial charge on any atom is -0.379 e. The quantitative estimate of drug-likeness (QED) is 0.786. The minimum atomic E-state index is -0.0924. The molecule has 0 aliphatic carbocycles. The van der Waals surface area contributed by atoms with E-state index in [1.165, 1.54) is 0 Å². The molecule has 5 nitrogen and oxygen atoms in total. The fraction of sp³-hybridized carbons (Fsp3) is 0.833. The Kier molecular flexibility index (Phi) is 5.08. The molecule has 0 aliphatic rings. The lowest BCUT2D eigenvalue weighted by molar-refractivity contribution is 0.00837. The topological polar surface area (TPSA) is 52.0 Å². The van der Waals surface area contributed by atoms with E-state index >= 15 is 0 Å². The molecule has 0 saturated carbocycles. The van der Waals surface area contributed by atoms with Crippen LogP contribution >= 0.6 is 0 Å². The van der Waals surface area contributed by atoms with Crippen LogP contribution in [0.5, 0.6) is 0 Å². The number of nitrogens with one attached hydrogen (secondary N) is 1. The van der Waals surface area contributed by atoms with Crippen LogP contribution in [0.3, 0.4) is 0 Å². The molecule has 98 valence electrons. The van der Waals surface area contributed by atoms with Gasteiger partial charge in [-0.1, -0.05) is 0 Å². The molecule has 0 aromatic carbocycles. The van der Waals surface area contributed by atoms with Crippen LogP contribution in [0.4, 0.5) is 0 Å². The van der Waals surface area contributed by atoms with Gasteiger partial charge in [0.2, 0.25) is 0 Å². The lowest BCUT2D eigenvalue weighted by Crippen LogP contribution is -2.35. The zero-order chi connectivity index (χ0) is 12.9. The van der Waals surface area contributed by atoms with Crippen molar-refractivity contribution >= 4 is 0 Å². The van der Waals surface area contributed by atoms with Gasteiger partial charge in [-0.15, -0.1) is 10.2 Å². The second-order valence-electron chi connectivity index (χ2n) is 4.98. The zero-order valence-corrected chi connectivity index (χ0v) is 11.5. The molecule has 0 bridgehead atoms. The average Bonchev–Trinajstić information content (AvgIpc) is 2.73. The van der Waals surface area contributed by atoms with Crippen LogP contribution in [0.15, 0.2) is 6.33 Å². The Morgan fingerprint density at radius 2 is 2.24 bits per heavy atom. The van der Waals surface area contributed by atoms with Crippen molar-refractivity contribution in [2.75, 3.05) is 7.11 Å². The third-order valence-electron chi connectivity index (χ3n) is 3.00. The molecule has 0 saturated heterocycles. The van der Waals surface area contributed by atoms with Gasteiger partial charge in [0, 0.05) is 19.7 Å². The van der Waals surface area contributed by atoms with E-state index < -0.39 is 0 Å². The van der Waals surface area contributed by atoms with Gasteiger partial charge in [0.25, 0.3) is 0 Å². The fourth-order valence-electron chi connectivity index (χ4n) is 1.84. The normalized spacial score (nSPS) is 13.9. The number of methoxy groups -OCH3 is 1. The molecular formula is C12H24N4O. The molecule has 0 spiro atoms. The molecule has 1 atom stereocenters. The van der Waals surface area contributed by atoms with Crippen LogP contribution in [-0.2, 0) is 17.8 Å². The maximum Gasteiger partial charge on any atom is 0.146 e. The van der Waals surface area contributed by atoms with Gasteiger partial charge in [-0.05, 0) is 34.1 Å². The number of aromatic nitrogens is 3. The molecule has 5 heteroatoms. The van der Waals surface area contributed by atoms with Gasteiger partial charge in [-0.25, -0.2) is 0 Å². The Hall–Kier alpha value is -0.940. The number of rotatable bonds is 7. The van der Waals surface area contributed by atoms with E-state index in [4.69, 9.17) is 4.74 Å². The Morgan fingerprint density at radius 1 is 1.53 bits per heavy atom. The standard InChI is InChI=1S/C12H24N4O/c1-6-16-9-14-15-11(16)8-13-10(2)7-12(3,4)17-5/h9-10,13H,6-8H2,1-5H3. The largest absolute Gasteiger partial charge is 0.379 e. The Bertz CT molecular complexity index is 335. The summed E-state index contributed by atoms with van der Waals surface area (Å²) in [7, 11) is 1.75. The number of ether oxygens (including phenoxy) is 1. The maximum absolute atomic E-state index is 5.42. The van der Waals surface area contributed by atoms with Crippen molar-refractivity contribution in [2.24, 2.45) is 0 Å². The zero-order valence-electron chi connectivity index (χ0n) is 11.5. The fourth-order valence-corrected chi connectivity index (χ4v) is 1.84. The van der Waals surface area contributed by atoms with Gasteiger partial charge >= 0.3 is 0 Å². The predicted molar refractivity (Wildman–Crippen MR) is 67.7 cm³/mol. The first kappa shape index (κ1) is 14.1. The second kappa shape index (κ2) is 6.12. The van der Waals surface area contributed by atoms with E-state index in [1.54, 1.807) is 13.4 Å². The van der Waals surface area contributed by atoms with Gasteiger partial charge < -0.3 is 14.6 Å². The third kappa shape index (κ3) is 4.44. The summed E-state index contributed by atoms with van der Waals surface area (Å²) in [4.78, 5) is 0. The Morgan fingerprint density at radius 3 is 2.82 bits per heavy atom. The van der Waals surface area contributed by atoms with Crippen LogP contribution in [0, 0.1) is 0 Å². The third-order valence-corrected chi connectivity index (χ3v) is 3.00. The molecule has 1 unspecified atom stereocenters. The molecule has 0 fully saturated rings. The van der Waals surface area contributed by atoms with Crippen LogP contribution in [-0.4, -0.2) is 33.5 Å². The van der Waals surface area contributed by atoms with Crippen LogP contribution < -0.4 is 5.32 Å². The van der Waals surface area contributed by atoms with E-state index in [0.29, 0.717) is 6.04 Å². The highest BCUT2D eigenvalue weighted by Gasteiger charge is 2.20. The number of hydrogen-bond acceptors (Lipinski definition) is 4. The van der Waals surface area contributed by atoms with Gasteiger partial charge in [-0.3, -0.25) is 0 Å². The first-order valence-electron chi connectivity index (χ1n) is 6.13. The van der Waals surface area contributed by atoms with Gasteiger partial charge in [-0.2, -0.15) is 0 Å². The number of hydrogen-bond donors (Lipinski definition) is 1. The van der Waals surface area contributed by atoms with E-state index in [1.807, 2.05) is 4.57 Å². The molecule has 1 heterocycles. The average molecular weight is 240 g/mol. The summed E-state index contributed by atoms with van der Waals surface area (Å²) in [6.45, 7) is 10.1. The summed E-state index contributed by atoms with van der Waals surface area (Å²) in [5.74, 6) is 0.981. The molecular weight excluding hydrogens is 216 g/mol. The Labute approximate surface area is 104 Å². The smallest absolute Gasteiger partial charge is 0.146 e. The van der Waals surface area contributed by atoms with Crippen molar-refractivity contribution < 1.29 is 4.74 Å². The number of aryl methyl sites for hydroxylation is 1. The van der Waals surface area contributed by atoms with E-state index in [0.717, 1.165) is 25.3 Å². The molecule has 0 aliphatic heterocycles. The molecule has 1 aromatic rings. The minimum absolute atomic E-state index is 0.0924. The summed E-state index contributed by atoms with van der Waals surface area (Å²) >= 11 is 0. The molecule has 1 rings (SSSR count).